The van der Waals surface area contributed by atoms with Crippen molar-refractivity contribution >= 4 is 19.4 Å². The third kappa shape index (κ3) is 3.87. The second-order valence-corrected chi connectivity index (χ2v) is 6.97. The lowest BCUT2D eigenvalue weighted by molar-refractivity contribution is -0.0503. The fourth-order valence-corrected chi connectivity index (χ4v) is 3.44. The summed E-state index contributed by atoms with van der Waals surface area (Å²) < 4.78 is 12.3. The normalized spacial score (nSPS) is 27.3. The highest BCUT2D eigenvalue weighted by Crippen LogP contribution is 2.32. The van der Waals surface area contributed by atoms with Gasteiger partial charge in [0.2, 0.25) is 0 Å². The summed E-state index contributed by atoms with van der Waals surface area (Å²) in [5.74, 6) is 0.0609. The SMILES string of the molecule is Nc1ccn([C@@H]2O[C@H](COP(N)c3ccccc3)[C@@H](O)[C@H]2O)c(=O)n1. The minimum absolute atomic E-state index is 0.0248. The van der Waals surface area contributed by atoms with Crippen LogP contribution in [0, 0.1) is 0 Å². The van der Waals surface area contributed by atoms with Gasteiger partial charge in [-0.3, -0.25) is 10.1 Å². The number of benzene rings is 1. The van der Waals surface area contributed by atoms with Crippen molar-refractivity contribution in [2.45, 2.75) is 24.5 Å². The number of hydrogen-bond acceptors (Lipinski definition) is 8. The van der Waals surface area contributed by atoms with Crippen LogP contribution in [-0.4, -0.2) is 44.7 Å². The molecule has 0 spiro atoms. The molecule has 0 radical (unpaired) electrons. The molecule has 0 aliphatic carbocycles. The van der Waals surface area contributed by atoms with Crippen molar-refractivity contribution in [3.05, 3.63) is 53.1 Å². The maximum Gasteiger partial charge on any atom is 0.351 e. The zero-order valence-corrected chi connectivity index (χ0v) is 14.1. The first-order chi connectivity index (χ1) is 12.0. The van der Waals surface area contributed by atoms with Gasteiger partial charge in [-0.2, -0.15) is 4.98 Å². The summed E-state index contributed by atoms with van der Waals surface area (Å²) in [6.45, 7) is -0.0248. The quantitative estimate of drug-likeness (QED) is 0.496. The van der Waals surface area contributed by atoms with Crippen LogP contribution < -0.4 is 22.2 Å². The van der Waals surface area contributed by atoms with Gasteiger partial charge in [-0.25, -0.2) is 4.79 Å². The molecular formula is C15H19N4O5P. The summed E-state index contributed by atoms with van der Waals surface area (Å²) in [4.78, 5) is 15.5. The van der Waals surface area contributed by atoms with Crippen molar-refractivity contribution in [1.82, 2.24) is 9.55 Å². The highest BCUT2D eigenvalue weighted by Gasteiger charge is 2.44. The lowest BCUT2D eigenvalue weighted by Crippen LogP contribution is -2.36. The second-order valence-electron chi connectivity index (χ2n) is 5.55. The Labute approximate surface area is 144 Å². The molecule has 1 aromatic heterocycles. The number of anilines is 1. The van der Waals surface area contributed by atoms with Gasteiger partial charge in [-0.15, -0.1) is 0 Å². The number of aliphatic hydroxyl groups is 2. The van der Waals surface area contributed by atoms with Crippen LogP contribution in [-0.2, 0) is 9.26 Å². The third-order valence-electron chi connectivity index (χ3n) is 3.85. The summed E-state index contributed by atoms with van der Waals surface area (Å²) in [7, 11) is -1.37. The van der Waals surface area contributed by atoms with Gasteiger partial charge in [0.1, 0.15) is 32.4 Å². The van der Waals surface area contributed by atoms with Gasteiger partial charge < -0.3 is 25.2 Å². The van der Waals surface area contributed by atoms with Crippen molar-refractivity contribution in [1.29, 1.82) is 0 Å². The Balaban J connectivity index is 1.67. The van der Waals surface area contributed by atoms with E-state index in [1.54, 1.807) is 0 Å². The number of hydrogen-bond donors (Lipinski definition) is 4. The van der Waals surface area contributed by atoms with E-state index in [0.717, 1.165) is 9.87 Å². The first kappa shape index (κ1) is 17.9. The molecule has 134 valence electrons. The largest absolute Gasteiger partial charge is 0.387 e. The third-order valence-corrected chi connectivity index (χ3v) is 5.09. The van der Waals surface area contributed by atoms with E-state index < -0.39 is 38.5 Å². The monoisotopic (exact) mass is 366 g/mol. The molecule has 6 N–H and O–H groups in total. The smallest absolute Gasteiger partial charge is 0.351 e. The van der Waals surface area contributed by atoms with E-state index in [1.165, 1.54) is 12.3 Å². The lowest BCUT2D eigenvalue weighted by Gasteiger charge is -2.18. The van der Waals surface area contributed by atoms with E-state index in [2.05, 4.69) is 4.98 Å². The minimum atomic E-state index is -1.37. The number of aliphatic hydroxyl groups excluding tert-OH is 2. The van der Waals surface area contributed by atoms with Crippen LogP contribution in [0.1, 0.15) is 6.23 Å². The van der Waals surface area contributed by atoms with Gasteiger partial charge in [0, 0.05) is 11.5 Å². The van der Waals surface area contributed by atoms with Crippen LogP contribution in [0.3, 0.4) is 0 Å². The maximum absolute atomic E-state index is 11.9. The Morgan fingerprint density at radius 2 is 1.96 bits per heavy atom. The Morgan fingerprint density at radius 1 is 1.24 bits per heavy atom. The van der Waals surface area contributed by atoms with Crippen molar-refractivity contribution in [2.24, 2.45) is 5.50 Å². The van der Waals surface area contributed by atoms with E-state index in [-0.39, 0.29) is 12.4 Å². The number of aromatic nitrogens is 2. The Hall–Kier alpha value is -1.87. The van der Waals surface area contributed by atoms with Crippen molar-refractivity contribution < 1.29 is 19.5 Å². The summed E-state index contributed by atoms with van der Waals surface area (Å²) in [6.07, 6.45) is -3.09. The van der Waals surface area contributed by atoms with Gasteiger partial charge in [0.05, 0.1) is 6.61 Å². The molecular weight excluding hydrogens is 347 g/mol. The summed E-state index contributed by atoms with van der Waals surface area (Å²) >= 11 is 0. The van der Waals surface area contributed by atoms with Crippen LogP contribution in [0.15, 0.2) is 47.4 Å². The highest BCUT2D eigenvalue weighted by molar-refractivity contribution is 7.58. The lowest BCUT2D eigenvalue weighted by atomic mass is 10.1. The predicted octanol–water partition coefficient (Wildman–Crippen LogP) is -0.943. The highest BCUT2D eigenvalue weighted by atomic mass is 31.2. The Bertz CT molecular complexity index is 774. The molecule has 10 heteroatoms. The molecule has 1 aliphatic rings. The minimum Gasteiger partial charge on any atom is -0.387 e. The standard InChI is InChI=1S/C15H19N4O5P/c16-11-6-7-19(15(22)18-11)14-13(21)12(20)10(24-14)8-23-25(17)9-4-2-1-3-5-9/h1-7,10,12-14,20-21H,8,17H2,(H2,16,18,22)/t10-,12-,13-,14-,25?/m1/s1. The molecule has 5 atom stereocenters. The number of rotatable bonds is 5. The Kier molecular flexibility index (Phi) is 5.43. The molecule has 0 bridgehead atoms. The first-order valence-corrected chi connectivity index (χ1v) is 8.89. The molecule has 0 amide bonds. The van der Waals surface area contributed by atoms with Crippen LogP contribution in [0.4, 0.5) is 5.82 Å². The first-order valence-electron chi connectivity index (χ1n) is 7.56. The zero-order valence-electron chi connectivity index (χ0n) is 13.2. The van der Waals surface area contributed by atoms with E-state index in [9.17, 15) is 15.0 Å². The van der Waals surface area contributed by atoms with Crippen LogP contribution in [0.5, 0.6) is 0 Å². The average Bonchev–Trinajstić information content (AvgIpc) is 2.89. The molecule has 1 saturated heterocycles. The number of nitrogen functional groups attached to an aromatic ring is 1. The van der Waals surface area contributed by atoms with E-state index in [0.29, 0.717) is 0 Å². The topological polar surface area (TPSA) is 146 Å². The van der Waals surface area contributed by atoms with Gasteiger partial charge >= 0.3 is 5.69 Å². The summed E-state index contributed by atoms with van der Waals surface area (Å²) in [5, 5.41) is 21.2. The molecule has 2 aromatic rings. The zero-order chi connectivity index (χ0) is 18.0. The van der Waals surface area contributed by atoms with Gasteiger partial charge in [-0.1, -0.05) is 30.3 Å². The van der Waals surface area contributed by atoms with Gasteiger partial charge in [-0.05, 0) is 6.07 Å². The van der Waals surface area contributed by atoms with E-state index in [4.69, 9.17) is 20.5 Å². The molecule has 1 aromatic carbocycles. The molecule has 3 rings (SSSR count). The van der Waals surface area contributed by atoms with Crippen LogP contribution >= 0.6 is 8.30 Å². The van der Waals surface area contributed by atoms with Crippen LogP contribution in [0.25, 0.3) is 0 Å². The number of nitrogens with zero attached hydrogens (tertiary/aromatic N) is 2. The van der Waals surface area contributed by atoms with Gasteiger partial charge in [0.15, 0.2) is 6.23 Å². The van der Waals surface area contributed by atoms with Crippen molar-refractivity contribution in [3.8, 4) is 0 Å². The molecule has 1 unspecified atom stereocenters. The Morgan fingerprint density at radius 3 is 2.64 bits per heavy atom. The number of ether oxygens (including phenoxy) is 1. The molecule has 1 aliphatic heterocycles. The fraction of sp³-hybridized carbons (Fsp3) is 0.333. The second kappa shape index (κ2) is 7.57. The molecule has 1 fully saturated rings. The predicted molar refractivity (Wildman–Crippen MR) is 92.0 cm³/mol. The van der Waals surface area contributed by atoms with E-state index in [1.807, 2.05) is 30.3 Å². The fourth-order valence-electron chi connectivity index (χ4n) is 2.52. The average molecular weight is 366 g/mol. The van der Waals surface area contributed by atoms with E-state index >= 15 is 0 Å². The maximum atomic E-state index is 11.9. The molecule has 25 heavy (non-hydrogen) atoms. The molecule has 0 saturated carbocycles. The summed E-state index contributed by atoms with van der Waals surface area (Å²) in [5.41, 5.74) is 10.8. The van der Waals surface area contributed by atoms with Crippen LogP contribution in [0.2, 0.25) is 0 Å². The number of nitrogens with two attached hydrogens (primary N) is 2. The molecule has 2 heterocycles. The van der Waals surface area contributed by atoms with Crippen molar-refractivity contribution in [2.75, 3.05) is 12.3 Å². The summed E-state index contributed by atoms with van der Waals surface area (Å²) in [6, 6.07) is 10.7. The van der Waals surface area contributed by atoms with Gasteiger partial charge in [0.25, 0.3) is 0 Å². The molecule has 9 nitrogen and oxygen atoms in total. The van der Waals surface area contributed by atoms with Crippen molar-refractivity contribution in [3.63, 3.8) is 0 Å².